The van der Waals surface area contributed by atoms with Crippen molar-refractivity contribution in [1.29, 1.82) is 0 Å². The van der Waals surface area contributed by atoms with Gasteiger partial charge in [0.1, 0.15) is 23.4 Å². The van der Waals surface area contributed by atoms with Crippen LogP contribution in [0.25, 0.3) is 0 Å². The second-order valence-corrected chi connectivity index (χ2v) is 8.16. The van der Waals surface area contributed by atoms with E-state index in [1.807, 2.05) is 12.1 Å². The van der Waals surface area contributed by atoms with Crippen LogP contribution in [0.2, 0.25) is 0 Å². The normalized spacial score (nSPS) is 20.1. The molecule has 0 N–H and O–H groups in total. The zero-order chi connectivity index (χ0) is 19.5. The van der Waals surface area contributed by atoms with Gasteiger partial charge in [0.2, 0.25) is 0 Å². The molecular formula is C24H29NO3. The van der Waals surface area contributed by atoms with Crippen LogP contribution in [0.3, 0.4) is 0 Å². The van der Waals surface area contributed by atoms with E-state index in [1.54, 1.807) is 6.92 Å². The molecule has 2 atom stereocenters. The Kier molecular flexibility index (Phi) is 5.56. The molecule has 2 fully saturated rings. The zero-order valence-electron chi connectivity index (χ0n) is 16.8. The summed E-state index contributed by atoms with van der Waals surface area (Å²) in [6, 6.07) is 16.6. The second-order valence-electron chi connectivity index (χ2n) is 8.16. The minimum Gasteiger partial charge on any atom is -0.490 e. The number of nitrogens with zero attached hydrogens (tertiary/aromatic N) is 1. The molecule has 2 aliphatic rings. The molecule has 0 spiro atoms. The van der Waals surface area contributed by atoms with Crippen LogP contribution in [0.5, 0.6) is 11.5 Å². The Hall–Kier alpha value is -2.49. The second kappa shape index (κ2) is 8.26. The van der Waals surface area contributed by atoms with E-state index in [-0.39, 0.29) is 17.8 Å². The van der Waals surface area contributed by atoms with Gasteiger partial charge in [-0.3, -0.25) is 0 Å². The van der Waals surface area contributed by atoms with Crippen LogP contribution >= 0.6 is 0 Å². The molecule has 28 heavy (non-hydrogen) atoms. The molecule has 1 saturated carbocycles. The first-order valence-electron chi connectivity index (χ1n) is 10.3. The largest absolute Gasteiger partial charge is 0.490 e. The molecule has 2 aromatic carbocycles. The van der Waals surface area contributed by atoms with Crippen molar-refractivity contribution in [3.8, 4) is 11.5 Å². The Morgan fingerprint density at radius 3 is 2.18 bits per heavy atom. The Morgan fingerprint density at radius 1 is 0.964 bits per heavy atom. The first kappa shape index (κ1) is 18.9. The maximum Gasteiger partial charge on any atom is 0.130 e. The zero-order valence-corrected chi connectivity index (χ0v) is 16.8. The van der Waals surface area contributed by atoms with E-state index in [0.29, 0.717) is 12.5 Å². The highest BCUT2D eigenvalue weighted by molar-refractivity contribution is 5.76. The van der Waals surface area contributed by atoms with E-state index in [4.69, 9.17) is 9.47 Å². The third-order valence-electron chi connectivity index (χ3n) is 5.52. The molecule has 1 aliphatic carbocycles. The first-order chi connectivity index (χ1) is 13.6. The lowest BCUT2D eigenvalue weighted by molar-refractivity contribution is -0.117. The number of ether oxygens (including phenoxy) is 2. The van der Waals surface area contributed by atoms with Gasteiger partial charge in [0.25, 0.3) is 0 Å². The van der Waals surface area contributed by atoms with Gasteiger partial charge in [0, 0.05) is 25.1 Å². The average Bonchev–Trinajstić information content (AvgIpc) is 3.37. The molecule has 0 unspecified atom stereocenters. The molecule has 0 amide bonds. The van der Waals surface area contributed by atoms with Crippen LogP contribution in [0.4, 0.5) is 5.69 Å². The van der Waals surface area contributed by atoms with E-state index in [2.05, 4.69) is 48.2 Å². The molecule has 0 bridgehead atoms. The third kappa shape index (κ3) is 4.86. The van der Waals surface area contributed by atoms with Crippen molar-refractivity contribution in [2.24, 2.45) is 0 Å². The third-order valence-corrected chi connectivity index (χ3v) is 5.52. The molecule has 0 aromatic heterocycles. The SMILES string of the molecule is CC(=O)C[C@@H](C)c1ccc(O[C@H]2CCN(c3ccc(OC4CC4)cc3)C2)cc1. The van der Waals surface area contributed by atoms with Crippen LogP contribution in [-0.2, 0) is 4.79 Å². The number of benzene rings is 2. The Balaban J connectivity index is 1.30. The predicted molar refractivity (Wildman–Crippen MR) is 111 cm³/mol. The maximum atomic E-state index is 11.3. The lowest BCUT2D eigenvalue weighted by Crippen LogP contribution is -2.24. The van der Waals surface area contributed by atoms with Crippen LogP contribution in [-0.4, -0.2) is 31.1 Å². The molecule has 1 heterocycles. The van der Waals surface area contributed by atoms with Crippen LogP contribution < -0.4 is 14.4 Å². The summed E-state index contributed by atoms with van der Waals surface area (Å²) in [6.07, 6.45) is 4.60. The van der Waals surface area contributed by atoms with Crippen molar-refractivity contribution in [3.63, 3.8) is 0 Å². The van der Waals surface area contributed by atoms with Crippen molar-refractivity contribution in [2.75, 3.05) is 18.0 Å². The van der Waals surface area contributed by atoms with Gasteiger partial charge in [-0.05, 0) is 67.6 Å². The molecule has 4 rings (SSSR count). The summed E-state index contributed by atoms with van der Waals surface area (Å²) in [7, 11) is 0. The quantitative estimate of drug-likeness (QED) is 0.649. The molecular weight excluding hydrogens is 350 g/mol. The highest BCUT2D eigenvalue weighted by atomic mass is 16.5. The van der Waals surface area contributed by atoms with E-state index in [0.717, 1.165) is 31.0 Å². The minimum atomic E-state index is 0.197. The molecule has 0 radical (unpaired) electrons. The number of hydrogen-bond acceptors (Lipinski definition) is 4. The summed E-state index contributed by atoms with van der Waals surface area (Å²) in [5.41, 5.74) is 2.41. The highest BCUT2D eigenvalue weighted by Crippen LogP contribution is 2.30. The average molecular weight is 380 g/mol. The van der Waals surface area contributed by atoms with E-state index in [1.165, 1.54) is 24.1 Å². The number of rotatable bonds is 8. The lowest BCUT2D eigenvalue weighted by Gasteiger charge is -2.20. The molecule has 1 aliphatic heterocycles. The molecule has 1 saturated heterocycles. The monoisotopic (exact) mass is 379 g/mol. The topological polar surface area (TPSA) is 38.8 Å². The van der Waals surface area contributed by atoms with Gasteiger partial charge in [-0.15, -0.1) is 0 Å². The van der Waals surface area contributed by atoms with E-state index < -0.39 is 0 Å². The van der Waals surface area contributed by atoms with E-state index >= 15 is 0 Å². The Morgan fingerprint density at radius 2 is 1.57 bits per heavy atom. The molecule has 4 heteroatoms. The number of carbonyl (C=O) groups excluding carboxylic acids is 1. The van der Waals surface area contributed by atoms with Gasteiger partial charge >= 0.3 is 0 Å². The first-order valence-corrected chi connectivity index (χ1v) is 10.3. The summed E-state index contributed by atoms with van der Waals surface area (Å²) in [6.45, 7) is 5.63. The summed E-state index contributed by atoms with van der Waals surface area (Å²) in [4.78, 5) is 13.7. The van der Waals surface area contributed by atoms with Gasteiger partial charge in [0.05, 0.1) is 12.6 Å². The molecule has 148 valence electrons. The summed E-state index contributed by atoms with van der Waals surface area (Å²) in [5, 5.41) is 0. The number of anilines is 1. The fraction of sp³-hybridized carbons (Fsp3) is 0.458. The van der Waals surface area contributed by atoms with Crippen molar-refractivity contribution in [1.82, 2.24) is 0 Å². The molecule has 2 aromatic rings. The predicted octanol–water partition coefficient (Wildman–Crippen LogP) is 4.97. The number of hydrogen-bond donors (Lipinski definition) is 0. The standard InChI is InChI=1S/C24H29NO3/c1-17(15-18(2)26)19-3-7-21(8-4-19)28-24-13-14-25(16-24)20-5-9-22(10-6-20)27-23-11-12-23/h3-10,17,23-24H,11-16H2,1-2H3/t17-,24+/m1/s1. The smallest absolute Gasteiger partial charge is 0.130 e. The summed E-state index contributed by atoms with van der Waals surface area (Å²) >= 11 is 0. The van der Waals surface area contributed by atoms with Gasteiger partial charge in [-0.25, -0.2) is 0 Å². The summed E-state index contributed by atoms with van der Waals surface area (Å²) in [5.74, 6) is 2.35. The van der Waals surface area contributed by atoms with Gasteiger partial charge in [-0.1, -0.05) is 19.1 Å². The fourth-order valence-corrected chi connectivity index (χ4v) is 3.79. The number of Topliss-reactive ketones (excluding diaryl/α,β-unsaturated/α-hetero) is 1. The van der Waals surface area contributed by atoms with Crippen molar-refractivity contribution in [3.05, 3.63) is 54.1 Å². The minimum absolute atomic E-state index is 0.197. The van der Waals surface area contributed by atoms with Crippen molar-refractivity contribution in [2.45, 2.75) is 57.7 Å². The maximum absolute atomic E-state index is 11.3. The summed E-state index contributed by atoms with van der Waals surface area (Å²) < 4.78 is 12.0. The molecule has 4 nitrogen and oxygen atoms in total. The highest BCUT2D eigenvalue weighted by Gasteiger charge is 2.25. The van der Waals surface area contributed by atoms with Gasteiger partial charge < -0.3 is 19.2 Å². The van der Waals surface area contributed by atoms with Crippen molar-refractivity contribution >= 4 is 11.5 Å². The Labute approximate surface area is 167 Å². The van der Waals surface area contributed by atoms with Gasteiger partial charge in [-0.2, -0.15) is 0 Å². The number of ketones is 1. The fourth-order valence-electron chi connectivity index (χ4n) is 3.79. The van der Waals surface area contributed by atoms with Crippen LogP contribution in [0, 0.1) is 0 Å². The van der Waals surface area contributed by atoms with Crippen LogP contribution in [0.1, 0.15) is 51.0 Å². The van der Waals surface area contributed by atoms with E-state index in [9.17, 15) is 4.79 Å². The van der Waals surface area contributed by atoms with Crippen molar-refractivity contribution < 1.29 is 14.3 Å². The lowest BCUT2D eigenvalue weighted by atomic mass is 9.96. The number of carbonyl (C=O) groups is 1. The van der Waals surface area contributed by atoms with Crippen LogP contribution in [0.15, 0.2) is 48.5 Å². The van der Waals surface area contributed by atoms with Gasteiger partial charge in [0.15, 0.2) is 0 Å². The Bertz CT molecular complexity index is 796.